The van der Waals surface area contributed by atoms with Crippen molar-refractivity contribution >= 4 is 5.91 Å². The van der Waals surface area contributed by atoms with Gasteiger partial charge in [0.2, 0.25) is 0 Å². The molecule has 19 heavy (non-hydrogen) atoms. The zero-order chi connectivity index (χ0) is 13.8. The number of carbonyl (C=O) groups excluding carboxylic acids is 1. The molecule has 1 aromatic rings. The summed E-state index contributed by atoms with van der Waals surface area (Å²) in [4.78, 5) is 14.4. The number of aryl methyl sites for hydroxylation is 2. The van der Waals surface area contributed by atoms with Crippen LogP contribution in [0.1, 0.15) is 48.8 Å². The number of hydrogen-bond donors (Lipinski definition) is 1. The van der Waals surface area contributed by atoms with Crippen LogP contribution in [0.25, 0.3) is 0 Å². The molecular weight excluding hydrogens is 242 g/mol. The summed E-state index contributed by atoms with van der Waals surface area (Å²) in [6.45, 7) is 2.81. The molecule has 0 aromatic carbocycles. The largest absolute Gasteiger partial charge is 0.394 e. The SMILES string of the molecule is CCc1cc(C(=O)N2CCCCCC2CO)n(C)n1. The highest BCUT2D eigenvalue weighted by Crippen LogP contribution is 2.19. The van der Waals surface area contributed by atoms with Crippen LogP contribution in [-0.2, 0) is 13.5 Å². The van der Waals surface area contributed by atoms with Crippen LogP contribution in [0.15, 0.2) is 6.07 Å². The molecule has 1 fully saturated rings. The quantitative estimate of drug-likeness (QED) is 0.897. The third-order valence-corrected chi connectivity index (χ3v) is 3.86. The maximum atomic E-state index is 12.6. The Kier molecular flexibility index (Phi) is 4.58. The van der Waals surface area contributed by atoms with Crippen LogP contribution in [0.5, 0.6) is 0 Å². The Morgan fingerprint density at radius 3 is 2.89 bits per heavy atom. The fraction of sp³-hybridized carbons (Fsp3) is 0.714. The third kappa shape index (κ3) is 2.97. The first-order valence-corrected chi connectivity index (χ1v) is 7.12. The topological polar surface area (TPSA) is 58.4 Å². The summed E-state index contributed by atoms with van der Waals surface area (Å²) in [7, 11) is 1.80. The monoisotopic (exact) mass is 265 g/mol. The predicted molar refractivity (Wildman–Crippen MR) is 73.0 cm³/mol. The summed E-state index contributed by atoms with van der Waals surface area (Å²) in [5, 5.41) is 13.8. The lowest BCUT2D eigenvalue weighted by Crippen LogP contribution is -2.42. The molecule has 5 heteroatoms. The van der Waals surface area contributed by atoms with E-state index in [0.29, 0.717) is 5.69 Å². The molecule has 2 heterocycles. The van der Waals surface area contributed by atoms with Gasteiger partial charge in [0.1, 0.15) is 5.69 Å². The lowest BCUT2D eigenvalue weighted by Gasteiger charge is -2.28. The van der Waals surface area contributed by atoms with Gasteiger partial charge in [-0.1, -0.05) is 19.8 Å². The molecule has 0 aliphatic carbocycles. The normalized spacial score (nSPS) is 20.4. The van der Waals surface area contributed by atoms with Gasteiger partial charge >= 0.3 is 0 Å². The smallest absolute Gasteiger partial charge is 0.272 e. The molecule has 1 unspecified atom stereocenters. The van der Waals surface area contributed by atoms with E-state index < -0.39 is 0 Å². The van der Waals surface area contributed by atoms with Crippen molar-refractivity contribution in [3.8, 4) is 0 Å². The number of likely N-dealkylation sites (tertiary alicyclic amines) is 1. The fourth-order valence-corrected chi connectivity index (χ4v) is 2.68. The van der Waals surface area contributed by atoms with E-state index in [1.165, 1.54) is 0 Å². The maximum Gasteiger partial charge on any atom is 0.272 e. The van der Waals surface area contributed by atoms with Gasteiger partial charge in [-0.3, -0.25) is 9.48 Å². The van der Waals surface area contributed by atoms with E-state index in [-0.39, 0.29) is 18.6 Å². The molecule has 106 valence electrons. The molecule has 1 aliphatic rings. The standard InChI is InChI=1S/C14H23N3O2/c1-3-11-9-13(16(2)15-11)14(19)17-8-6-4-5-7-12(17)10-18/h9,12,18H,3-8,10H2,1-2H3. The van der Waals surface area contributed by atoms with E-state index in [4.69, 9.17) is 0 Å². The van der Waals surface area contributed by atoms with Gasteiger partial charge in [0.15, 0.2) is 0 Å². The average molecular weight is 265 g/mol. The lowest BCUT2D eigenvalue weighted by molar-refractivity contribution is 0.0589. The van der Waals surface area contributed by atoms with Crippen LogP contribution in [0.2, 0.25) is 0 Å². The summed E-state index contributed by atoms with van der Waals surface area (Å²) >= 11 is 0. The molecule has 2 rings (SSSR count). The van der Waals surface area contributed by atoms with Gasteiger partial charge in [-0.25, -0.2) is 0 Å². The first-order valence-electron chi connectivity index (χ1n) is 7.12. The highest BCUT2D eigenvalue weighted by Gasteiger charge is 2.27. The molecule has 0 bridgehead atoms. The second kappa shape index (κ2) is 6.19. The van der Waals surface area contributed by atoms with Gasteiger partial charge in [-0.2, -0.15) is 5.10 Å². The Morgan fingerprint density at radius 2 is 2.26 bits per heavy atom. The molecule has 1 N–H and O–H groups in total. The molecule has 5 nitrogen and oxygen atoms in total. The number of aliphatic hydroxyl groups excluding tert-OH is 1. The van der Waals surface area contributed by atoms with Crippen LogP contribution >= 0.6 is 0 Å². The minimum atomic E-state index is -0.0463. The van der Waals surface area contributed by atoms with E-state index in [1.807, 2.05) is 17.9 Å². The van der Waals surface area contributed by atoms with Crippen molar-refractivity contribution in [2.45, 2.75) is 45.1 Å². The van der Waals surface area contributed by atoms with Crippen molar-refractivity contribution in [3.63, 3.8) is 0 Å². The first-order chi connectivity index (χ1) is 9.17. The van der Waals surface area contributed by atoms with E-state index >= 15 is 0 Å². The number of aromatic nitrogens is 2. The molecule has 0 spiro atoms. The Balaban J connectivity index is 2.22. The van der Waals surface area contributed by atoms with Crippen LogP contribution in [0.3, 0.4) is 0 Å². The molecule has 1 aliphatic heterocycles. The number of aliphatic hydroxyl groups is 1. The van der Waals surface area contributed by atoms with Crippen LogP contribution in [0.4, 0.5) is 0 Å². The number of nitrogens with zero attached hydrogens (tertiary/aromatic N) is 3. The zero-order valence-corrected chi connectivity index (χ0v) is 11.8. The number of hydrogen-bond acceptors (Lipinski definition) is 3. The van der Waals surface area contributed by atoms with Gasteiger partial charge in [0, 0.05) is 13.6 Å². The van der Waals surface area contributed by atoms with Gasteiger partial charge in [-0.15, -0.1) is 0 Å². The molecule has 1 saturated heterocycles. The Bertz CT molecular complexity index is 442. The zero-order valence-electron chi connectivity index (χ0n) is 11.8. The van der Waals surface area contributed by atoms with E-state index in [2.05, 4.69) is 5.10 Å². The van der Waals surface area contributed by atoms with Crippen LogP contribution in [0, 0.1) is 0 Å². The van der Waals surface area contributed by atoms with Crippen molar-refractivity contribution in [2.75, 3.05) is 13.2 Å². The highest BCUT2D eigenvalue weighted by molar-refractivity contribution is 5.93. The van der Waals surface area contributed by atoms with E-state index in [9.17, 15) is 9.90 Å². The molecule has 0 saturated carbocycles. The van der Waals surface area contributed by atoms with Crippen molar-refractivity contribution in [2.24, 2.45) is 7.05 Å². The highest BCUT2D eigenvalue weighted by atomic mass is 16.3. The summed E-state index contributed by atoms with van der Waals surface area (Å²) < 4.78 is 1.65. The van der Waals surface area contributed by atoms with Gasteiger partial charge in [0.25, 0.3) is 5.91 Å². The second-order valence-electron chi connectivity index (χ2n) is 5.18. The first kappa shape index (κ1) is 14.1. The summed E-state index contributed by atoms with van der Waals surface area (Å²) in [5.41, 5.74) is 1.55. The Morgan fingerprint density at radius 1 is 1.47 bits per heavy atom. The van der Waals surface area contributed by atoms with Gasteiger partial charge in [-0.05, 0) is 25.3 Å². The molecule has 0 radical (unpaired) electrons. The van der Waals surface area contributed by atoms with Crippen LogP contribution in [-0.4, -0.2) is 44.9 Å². The Hall–Kier alpha value is -1.36. The molecule has 1 atom stereocenters. The number of amides is 1. The minimum absolute atomic E-state index is 0.00403. The average Bonchev–Trinajstić information content (AvgIpc) is 2.64. The second-order valence-corrected chi connectivity index (χ2v) is 5.18. The molecular formula is C14H23N3O2. The summed E-state index contributed by atoms with van der Waals surface area (Å²) in [6, 6.07) is 1.82. The number of rotatable bonds is 3. The summed E-state index contributed by atoms with van der Waals surface area (Å²) in [6.07, 6.45) is 4.94. The van der Waals surface area contributed by atoms with Crippen molar-refractivity contribution in [3.05, 3.63) is 17.5 Å². The minimum Gasteiger partial charge on any atom is -0.394 e. The van der Waals surface area contributed by atoms with Crippen molar-refractivity contribution < 1.29 is 9.90 Å². The van der Waals surface area contributed by atoms with Crippen molar-refractivity contribution in [1.82, 2.24) is 14.7 Å². The van der Waals surface area contributed by atoms with E-state index in [1.54, 1.807) is 11.7 Å². The lowest BCUT2D eigenvalue weighted by atomic mass is 10.1. The van der Waals surface area contributed by atoms with Crippen LogP contribution < -0.4 is 0 Å². The molecule has 1 aromatic heterocycles. The predicted octanol–water partition coefficient (Wildman–Crippen LogP) is 1.36. The summed E-state index contributed by atoms with van der Waals surface area (Å²) in [5.74, 6) is -0.00403. The van der Waals surface area contributed by atoms with Crippen molar-refractivity contribution in [1.29, 1.82) is 0 Å². The Labute approximate surface area is 114 Å². The maximum absolute atomic E-state index is 12.6. The van der Waals surface area contributed by atoms with Gasteiger partial charge in [0.05, 0.1) is 18.3 Å². The van der Waals surface area contributed by atoms with E-state index in [0.717, 1.165) is 44.3 Å². The molecule has 1 amide bonds. The van der Waals surface area contributed by atoms with Gasteiger partial charge < -0.3 is 10.0 Å². The number of carbonyl (C=O) groups is 1. The fourth-order valence-electron chi connectivity index (χ4n) is 2.68. The third-order valence-electron chi connectivity index (χ3n) is 3.86.